The molecule has 3 rings (SSSR count). The summed E-state index contributed by atoms with van der Waals surface area (Å²) >= 11 is 0. The van der Waals surface area contributed by atoms with Gasteiger partial charge in [-0.05, 0) is 25.8 Å². The molecule has 0 amide bonds. The molecule has 2 atom stereocenters. The number of guanidine groups is 1. The van der Waals surface area contributed by atoms with Gasteiger partial charge in [0.05, 0.1) is 26.4 Å². The quantitative estimate of drug-likeness (QED) is 0.403. The lowest BCUT2D eigenvalue weighted by atomic mass is 10.1. The van der Waals surface area contributed by atoms with E-state index in [9.17, 15) is 0 Å². The molecule has 0 bridgehead atoms. The SMILES string of the molecule is CCNC(=NCc1ccccc1OC)N1CCOC(C2CCCO2)C1.I. The molecule has 1 N–H and O–H groups in total. The number of nitrogens with one attached hydrogen (secondary N) is 1. The van der Waals surface area contributed by atoms with Gasteiger partial charge in [-0.25, -0.2) is 4.99 Å². The van der Waals surface area contributed by atoms with Crippen molar-refractivity contribution in [3.8, 4) is 5.75 Å². The Labute approximate surface area is 173 Å². The normalized spacial score (nSPS) is 23.5. The summed E-state index contributed by atoms with van der Waals surface area (Å²) in [6, 6.07) is 8.02. The maximum Gasteiger partial charge on any atom is 0.194 e. The van der Waals surface area contributed by atoms with Crippen molar-refractivity contribution in [2.24, 2.45) is 4.99 Å². The molecule has 0 aromatic heterocycles. The molecule has 0 radical (unpaired) electrons. The van der Waals surface area contributed by atoms with E-state index in [1.165, 1.54) is 0 Å². The highest BCUT2D eigenvalue weighted by Crippen LogP contribution is 2.22. The predicted molar refractivity (Wildman–Crippen MR) is 114 cm³/mol. The van der Waals surface area contributed by atoms with Crippen molar-refractivity contribution in [2.75, 3.05) is 40.0 Å². The van der Waals surface area contributed by atoms with Crippen LogP contribution in [-0.4, -0.2) is 63.0 Å². The summed E-state index contributed by atoms with van der Waals surface area (Å²) in [7, 11) is 1.70. The fourth-order valence-corrected chi connectivity index (χ4v) is 3.41. The highest BCUT2D eigenvalue weighted by Gasteiger charge is 2.32. The van der Waals surface area contributed by atoms with Crippen LogP contribution in [0.25, 0.3) is 0 Å². The van der Waals surface area contributed by atoms with Crippen LogP contribution >= 0.6 is 24.0 Å². The van der Waals surface area contributed by atoms with Crippen molar-refractivity contribution in [3.63, 3.8) is 0 Å². The Hall–Kier alpha value is -1.06. The third-order valence-electron chi connectivity index (χ3n) is 4.70. The fraction of sp³-hybridized carbons (Fsp3) is 0.632. The van der Waals surface area contributed by atoms with Gasteiger partial charge in [-0.15, -0.1) is 24.0 Å². The first-order valence-electron chi connectivity index (χ1n) is 9.20. The number of morpholine rings is 1. The van der Waals surface area contributed by atoms with E-state index in [0.717, 1.165) is 56.4 Å². The van der Waals surface area contributed by atoms with E-state index in [4.69, 9.17) is 19.2 Å². The molecule has 2 unspecified atom stereocenters. The Morgan fingerprint density at radius 1 is 1.27 bits per heavy atom. The molecule has 0 saturated carbocycles. The molecule has 7 heteroatoms. The molecule has 1 aromatic rings. The van der Waals surface area contributed by atoms with E-state index in [1.54, 1.807) is 7.11 Å². The number of halogens is 1. The molecule has 2 heterocycles. The second-order valence-corrected chi connectivity index (χ2v) is 6.39. The van der Waals surface area contributed by atoms with Crippen molar-refractivity contribution in [3.05, 3.63) is 29.8 Å². The summed E-state index contributed by atoms with van der Waals surface area (Å²) in [4.78, 5) is 7.12. The summed E-state index contributed by atoms with van der Waals surface area (Å²) < 4.78 is 17.2. The average molecular weight is 475 g/mol. The number of para-hydroxylation sites is 1. The van der Waals surface area contributed by atoms with Gasteiger partial charge in [-0.3, -0.25) is 0 Å². The fourth-order valence-electron chi connectivity index (χ4n) is 3.41. The number of rotatable bonds is 5. The van der Waals surface area contributed by atoms with Gasteiger partial charge < -0.3 is 24.4 Å². The third kappa shape index (κ3) is 5.47. The monoisotopic (exact) mass is 475 g/mol. The molecule has 0 spiro atoms. The van der Waals surface area contributed by atoms with Crippen LogP contribution < -0.4 is 10.1 Å². The lowest BCUT2D eigenvalue weighted by Gasteiger charge is -2.37. The number of nitrogens with zero attached hydrogens (tertiary/aromatic N) is 2. The van der Waals surface area contributed by atoms with Gasteiger partial charge in [-0.2, -0.15) is 0 Å². The van der Waals surface area contributed by atoms with Crippen LogP contribution in [-0.2, 0) is 16.0 Å². The molecular weight excluding hydrogens is 445 g/mol. The van der Waals surface area contributed by atoms with Crippen molar-refractivity contribution in [1.82, 2.24) is 10.2 Å². The Morgan fingerprint density at radius 3 is 2.81 bits per heavy atom. The number of aliphatic imine (C=N–C) groups is 1. The molecule has 0 aliphatic carbocycles. The number of hydrogen-bond acceptors (Lipinski definition) is 4. The second-order valence-electron chi connectivity index (χ2n) is 6.39. The molecular formula is C19H30IN3O3. The minimum Gasteiger partial charge on any atom is -0.496 e. The average Bonchev–Trinajstić information content (AvgIpc) is 3.20. The zero-order valence-electron chi connectivity index (χ0n) is 15.6. The van der Waals surface area contributed by atoms with E-state index in [2.05, 4.69) is 23.2 Å². The van der Waals surface area contributed by atoms with E-state index >= 15 is 0 Å². The Morgan fingerprint density at radius 2 is 2.08 bits per heavy atom. The first-order chi connectivity index (χ1) is 12.3. The summed E-state index contributed by atoms with van der Waals surface area (Å²) in [5.74, 6) is 1.81. The highest BCUT2D eigenvalue weighted by atomic mass is 127. The van der Waals surface area contributed by atoms with Gasteiger partial charge in [0.1, 0.15) is 11.9 Å². The van der Waals surface area contributed by atoms with Crippen LogP contribution in [0.15, 0.2) is 29.3 Å². The molecule has 6 nitrogen and oxygen atoms in total. The number of benzene rings is 1. The van der Waals surface area contributed by atoms with Gasteiger partial charge in [0.15, 0.2) is 5.96 Å². The van der Waals surface area contributed by atoms with Gasteiger partial charge in [0, 0.05) is 31.8 Å². The smallest absolute Gasteiger partial charge is 0.194 e. The van der Waals surface area contributed by atoms with Crippen LogP contribution in [0.1, 0.15) is 25.3 Å². The minimum atomic E-state index is 0. The summed E-state index contributed by atoms with van der Waals surface area (Å²) in [6.45, 7) is 6.76. The number of ether oxygens (including phenoxy) is 3. The lowest BCUT2D eigenvalue weighted by Crippen LogP contribution is -2.53. The maximum absolute atomic E-state index is 5.95. The van der Waals surface area contributed by atoms with Crippen molar-refractivity contribution >= 4 is 29.9 Å². The minimum absolute atomic E-state index is 0. The first-order valence-corrected chi connectivity index (χ1v) is 9.20. The lowest BCUT2D eigenvalue weighted by molar-refractivity contribution is -0.0817. The van der Waals surface area contributed by atoms with Crippen LogP contribution in [0.2, 0.25) is 0 Å². The zero-order chi connectivity index (χ0) is 17.5. The van der Waals surface area contributed by atoms with Gasteiger partial charge in [0.25, 0.3) is 0 Å². The van der Waals surface area contributed by atoms with Crippen LogP contribution in [0.5, 0.6) is 5.75 Å². The van der Waals surface area contributed by atoms with Gasteiger partial charge >= 0.3 is 0 Å². The molecule has 26 heavy (non-hydrogen) atoms. The second kappa shape index (κ2) is 10.9. The van der Waals surface area contributed by atoms with Crippen molar-refractivity contribution in [2.45, 2.75) is 38.5 Å². The van der Waals surface area contributed by atoms with Crippen molar-refractivity contribution in [1.29, 1.82) is 0 Å². The standard InChI is InChI=1S/C19H29N3O3.HI/c1-3-20-19(21-13-15-7-4-5-8-16(15)23-2)22-10-12-25-18(14-22)17-9-6-11-24-17;/h4-5,7-8,17-18H,3,6,9-14H2,1-2H3,(H,20,21);1H. The first kappa shape index (κ1) is 21.2. The molecule has 2 fully saturated rings. The summed E-state index contributed by atoms with van der Waals surface area (Å²) in [6.07, 6.45) is 2.58. The third-order valence-corrected chi connectivity index (χ3v) is 4.70. The van der Waals surface area contributed by atoms with E-state index in [1.807, 2.05) is 18.2 Å². The van der Waals surface area contributed by atoms with Crippen molar-refractivity contribution < 1.29 is 14.2 Å². The van der Waals surface area contributed by atoms with Crippen LogP contribution in [0.4, 0.5) is 0 Å². The number of methoxy groups -OCH3 is 1. The molecule has 1 aromatic carbocycles. The van der Waals surface area contributed by atoms with Crippen LogP contribution in [0.3, 0.4) is 0 Å². The summed E-state index contributed by atoms with van der Waals surface area (Å²) in [5.41, 5.74) is 1.09. The van der Waals surface area contributed by atoms with E-state index in [-0.39, 0.29) is 36.2 Å². The Balaban J connectivity index is 0.00000243. The topological polar surface area (TPSA) is 55.3 Å². The van der Waals surface area contributed by atoms with Gasteiger partial charge in [-0.1, -0.05) is 18.2 Å². The Bertz CT molecular complexity index is 579. The largest absolute Gasteiger partial charge is 0.496 e. The van der Waals surface area contributed by atoms with E-state index in [0.29, 0.717) is 13.2 Å². The zero-order valence-corrected chi connectivity index (χ0v) is 18.0. The van der Waals surface area contributed by atoms with E-state index < -0.39 is 0 Å². The molecule has 2 aliphatic heterocycles. The van der Waals surface area contributed by atoms with Crippen LogP contribution in [0, 0.1) is 0 Å². The molecule has 146 valence electrons. The predicted octanol–water partition coefficient (Wildman–Crippen LogP) is 2.66. The Kier molecular flexibility index (Phi) is 8.94. The molecule has 2 aliphatic rings. The maximum atomic E-state index is 5.95. The number of hydrogen-bond donors (Lipinski definition) is 1. The molecule has 2 saturated heterocycles. The highest BCUT2D eigenvalue weighted by molar-refractivity contribution is 14.0. The summed E-state index contributed by atoms with van der Waals surface area (Å²) in [5, 5.41) is 3.41. The van der Waals surface area contributed by atoms with Gasteiger partial charge in [0.2, 0.25) is 0 Å².